The van der Waals surface area contributed by atoms with Gasteiger partial charge in [-0.25, -0.2) is 13.2 Å². The maximum Gasteiger partial charge on any atom is 0.313 e. The summed E-state index contributed by atoms with van der Waals surface area (Å²) in [5, 5.41) is 10.0. The van der Waals surface area contributed by atoms with Gasteiger partial charge in [0.25, 0.3) is 6.43 Å². The van der Waals surface area contributed by atoms with Crippen molar-refractivity contribution in [1.82, 2.24) is 0 Å². The third-order valence-corrected chi connectivity index (χ3v) is 1.85. The largest absolute Gasteiger partial charge is 0.481 e. The van der Waals surface area contributed by atoms with Crippen LogP contribution in [0.3, 0.4) is 0 Å². The van der Waals surface area contributed by atoms with Crippen LogP contribution in [-0.2, 0) is 0 Å². The predicted octanol–water partition coefficient (Wildman–Crippen LogP) is 3.03. The van der Waals surface area contributed by atoms with E-state index >= 15 is 0 Å². The zero-order valence-corrected chi connectivity index (χ0v) is 8.38. The van der Waals surface area contributed by atoms with E-state index in [-0.39, 0.29) is 0 Å². The number of hydrogen-bond donors (Lipinski definition) is 0. The van der Waals surface area contributed by atoms with Crippen molar-refractivity contribution in [3.63, 3.8) is 0 Å². The minimum Gasteiger partial charge on any atom is -0.481 e. The monoisotopic (exact) mass is 255 g/mol. The van der Waals surface area contributed by atoms with Crippen molar-refractivity contribution in [2.45, 2.75) is 6.43 Å². The minimum atomic E-state index is -2.79. The first kappa shape index (κ1) is 12.6. The summed E-state index contributed by atoms with van der Waals surface area (Å²) in [7, 11) is 0. The van der Waals surface area contributed by atoms with Crippen molar-refractivity contribution in [1.29, 1.82) is 0 Å². The summed E-state index contributed by atoms with van der Waals surface area (Å²) >= 11 is 5.34. The maximum atomic E-state index is 12.9. The Morgan fingerprint density at radius 3 is 2.62 bits per heavy atom. The second-order valence-corrected chi connectivity index (χ2v) is 3.10. The molecule has 0 spiro atoms. The van der Waals surface area contributed by atoms with Crippen LogP contribution >= 0.6 is 11.6 Å². The molecular weight excluding hydrogens is 251 g/mol. The van der Waals surface area contributed by atoms with Crippen molar-refractivity contribution in [3.05, 3.63) is 33.1 Å². The van der Waals surface area contributed by atoms with Crippen LogP contribution in [0, 0.1) is 15.9 Å². The molecule has 0 saturated heterocycles. The molecule has 0 aliphatic carbocycles. The molecule has 0 amide bonds. The molecule has 1 rings (SSSR count). The van der Waals surface area contributed by atoms with Gasteiger partial charge in [-0.1, -0.05) is 11.6 Å². The highest BCUT2D eigenvalue weighted by Crippen LogP contribution is 2.32. The van der Waals surface area contributed by atoms with E-state index in [0.29, 0.717) is 6.07 Å². The number of rotatable bonds is 4. The Bertz CT molecular complexity index is 414. The highest BCUT2D eigenvalue weighted by atomic mass is 35.5. The Morgan fingerprint density at radius 1 is 1.50 bits per heavy atom. The summed E-state index contributed by atoms with van der Waals surface area (Å²) in [5.74, 6) is -1.51. The minimum absolute atomic E-state index is 0.435. The van der Waals surface area contributed by atoms with Gasteiger partial charge in [0.1, 0.15) is 12.4 Å². The van der Waals surface area contributed by atoms with Crippen molar-refractivity contribution in [2.75, 3.05) is 6.61 Å². The highest BCUT2D eigenvalue weighted by Gasteiger charge is 2.20. The van der Waals surface area contributed by atoms with Gasteiger partial charge in [0, 0.05) is 6.07 Å². The fraction of sp³-hybridized carbons (Fsp3) is 0.250. The number of ether oxygens (including phenoxy) is 1. The smallest absolute Gasteiger partial charge is 0.313 e. The van der Waals surface area contributed by atoms with Crippen molar-refractivity contribution >= 4 is 17.3 Å². The van der Waals surface area contributed by atoms with Crippen LogP contribution in [0.4, 0.5) is 18.9 Å². The van der Waals surface area contributed by atoms with E-state index < -0.39 is 40.2 Å². The summed E-state index contributed by atoms with van der Waals surface area (Å²) in [6.07, 6.45) is -2.79. The van der Waals surface area contributed by atoms with E-state index in [1.54, 1.807) is 0 Å². The second-order valence-electron chi connectivity index (χ2n) is 2.69. The predicted molar refractivity (Wildman–Crippen MR) is 49.6 cm³/mol. The van der Waals surface area contributed by atoms with Gasteiger partial charge in [-0.2, -0.15) is 0 Å². The third-order valence-electron chi connectivity index (χ3n) is 1.56. The second kappa shape index (κ2) is 5.02. The number of alkyl halides is 2. The van der Waals surface area contributed by atoms with Crippen LogP contribution in [0.1, 0.15) is 0 Å². The molecule has 4 nitrogen and oxygen atoms in total. The third kappa shape index (κ3) is 2.99. The molecule has 0 radical (unpaired) electrons. The lowest BCUT2D eigenvalue weighted by atomic mass is 10.3. The molecular formula is C8H5ClF3NO3. The lowest BCUT2D eigenvalue weighted by Gasteiger charge is -2.06. The van der Waals surface area contributed by atoms with E-state index in [9.17, 15) is 23.3 Å². The quantitative estimate of drug-likeness (QED) is 0.614. The van der Waals surface area contributed by atoms with Crippen LogP contribution in [0.2, 0.25) is 5.02 Å². The van der Waals surface area contributed by atoms with Gasteiger partial charge in [-0.15, -0.1) is 0 Å². The van der Waals surface area contributed by atoms with Crippen LogP contribution in [0.25, 0.3) is 0 Å². The molecule has 0 bridgehead atoms. The van der Waals surface area contributed by atoms with Crippen LogP contribution in [0.5, 0.6) is 5.75 Å². The zero-order chi connectivity index (χ0) is 12.3. The SMILES string of the molecule is O=[N+]([O-])c1cc(F)c(Cl)cc1OCC(F)F. The summed E-state index contributed by atoms with van der Waals surface area (Å²) in [5.41, 5.74) is -0.748. The van der Waals surface area contributed by atoms with Gasteiger partial charge in [0.15, 0.2) is 5.75 Å². The van der Waals surface area contributed by atoms with Gasteiger partial charge in [0.2, 0.25) is 0 Å². The van der Waals surface area contributed by atoms with E-state index in [1.165, 1.54) is 0 Å². The molecule has 0 fully saturated rings. The molecule has 0 aromatic heterocycles. The Balaban J connectivity index is 3.05. The van der Waals surface area contributed by atoms with Crippen LogP contribution in [-0.4, -0.2) is 18.0 Å². The van der Waals surface area contributed by atoms with Crippen LogP contribution in [0.15, 0.2) is 12.1 Å². The van der Waals surface area contributed by atoms with E-state index in [4.69, 9.17) is 11.6 Å². The normalized spacial score (nSPS) is 10.6. The molecule has 88 valence electrons. The van der Waals surface area contributed by atoms with Gasteiger partial charge < -0.3 is 4.74 Å². The fourth-order valence-corrected chi connectivity index (χ4v) is 1.08. The molecule has 0 N–H and O–H groups in total. The molecule has 0 aliphatic heterocycles. The number of nitro groups is 1. The highest BCUT2D eigenvalue weighted by molar-refractivity contribution is 6.31. The first-order chi connectivity index (χ1) is 7.41. The molecule has 0 saturated carbocycles. The Hall–Kier alpha value is -1.50. The Labute approximate surface area is 92.7 Å². The summed E-state index contributed by atoms with van der Waals surface area (Å²) in [6, 6.07) is 1.31. The molecule has 0 unspecified atom stereocenters. The van der Waals surface area contributed by atoms with Crippen molar-refractivity contribution in [2.24, 2.45) is 0 Å². The molecule has 0 atom stereocenters. The summed E-state index contributed by atoms with van der Waals surface area (Å²) in [6.45, 7) is -1.02. The number of hydrogen-bond acceptors (Lipinski definition) is 3. The summed E-state index contributed by atoms with van der Waals surface area (Å²) in [4.78, 5) is 9.51. The summed E-state index contributed by atoms with van der Waals surface area (Å²) < 4.78 is 41.0. The molecule has 8 heteroatoms. The number of nitro benzene ring substituents is 1. The van der Waals surface area contributed by atoms with E-state index in [1.807, 2.05) is 0 Å². The maximum absolute atomic E-state index is 12.9. The number of benzene rings is 1. The van der Waals surface area contributed by atoms with Gasteiger partial charge >= 0.3 is 5.69 Å². The standard InChI is InChI=1S/C8H5ClF3NO3/c9-4-1-7(16-3-8(11)12)6(13(14)15)2-5(4)10/h1-2,8H,3H2. The van der Waals surface area contributed by atoms with Crippen molar-refractivity contribution < 1.29 is 22.8 Å². The fourth-order valence-electron chi connectivity index (χ4n) is 0.929. The lowest BCUT2D eigenvalue weighted by Crippen LogP contribution is -2.08. The van der Waals surface area contributed by atoms with E-state index in [2.05, 4.69) is 4.74 Å². The van der Waals surface area contributed by atoms with Gasteiger partial charge in [0.05, 0.1) is 16.0 Å². The Morgan fingerprint density at radius 2 is 2.12 bits per heavy atom. The van der Waals surface area contributed by atoms with Crippen molar-refractivity contribution in [3.8, 4) is 5.75 Å². The van der Waals surface area contributed by atoms with Crippen LogP contribution < -0.4 is 4.74 Å². The topological polar surface area (TPSA) is 52.4 Å². The average molecular weight is 256 g/mol. The van der Waals surface area contributed by atoms with Gasteiger partial charge in [-0.3, -0.25) is 10.1 Å². The number of nitrogens with zero attached hydrogens (tertiary/aromatic N) is 1. The van der Waals surface area contributed by atoms with E-state index in [0.717, 1.165) is 6.07 Å². The Kier molecular flexibility index (Phi) is 3.94. The average Bonchev–Trinajstić information content (AvgIpc) is 2.18. The lowest BCUT2D eigenvalue weighted by molar-refractivity contribution is -0.386. The first-order valence-corrected chi connectivity index (χ1v) is 4.34. The number of halogens is 4. The van der Waals surface area contributed by atoms with Gasteiger partial charge in [-0.05, 0) is 0 Å². The molecule has 16 heavy (non-hydrogen) atoms. The molecule has 0 aliphatic rings. The molecule has 0 heterocycles. The zero-order valence-electron chi connectivity index (χ0n) is 7.62. The molecule has 1 aromatic rings. The first-order valence-electron chi connectivity index (χ1n) is 3.96. The molecule has 1 aromatic carbocycles.